The molecule has 0 bridgehead atoms. The molecule has 5 nitrogen and oxygen atoms in total. The molecule has 1 heterocycles. The van der Waals surface area contributed by atoms with E-state index < -0.39 is 19.9 Å². The highest BCUT2D eigenvalue weighted by Gasteiger charge is 2.26. The number of sulfone groups is 1. The van der Waals surface area contributed by atoms with Crippen molar-refractivity contribution < 1.29 is 16.8 Å². The molecule has 7 heteroatoms. The molecular weight excluding hydrogens is 238 g/mol. The fourth-order valence-electron chi connectivity index (χ4n) is 1.45. The van der Waals surface area contributed by atoms with Gasteiger partial charge in [-0.1, -0.05) is 6.08 Å². The van der Waals surface area contributed by atoms with Crippen molar-refractivity contribution in [2.75, 3.05) is 30.3 Å². The molecule has 0 aliphatic carbocycles. The monoisotopic (exact) mass is 253 g/mol. The summed E-state index contributed by atoms with van der Waals surface area (Å²) in [4.78, 5) is 0. The predicted octanol–water partition coefficient (Wildman–Crippen LogP) is -0.377. The highest BCUT2D eigenvalue weighted by molar-refractivity contribution is 7.91. The summed E-state index contributed by atoms with van der Waals surface area (Å²) in [7, 11) is -6.42. The zero-order valence-electron chi connectivity index (χ0n) is 8.42. The van der Waals surface area contributed by atoms with Crippen molar-refractivity contribution in [2.45, 2.75) is 6.42 Å². The first-order valence-electron chi connectivity index (χ1n) is 4.66. The first kappa shape index (κ1) is 12.7. The molecule has 0 atom stereocenters. The average molecular weight is 253 g/mol. The molecule has 0 spiro atoms. The third-order valence-electron chi connectivity index (χ3n) is 2.24. The van der Waals surface area contributed by atoms with Gasteiger partial charge in [0.1, 0.15) is 0 Å². The van der Waals surface area contributed by atoms with E-state index in [1.165, 1.54) is 10.4 Å². The van der Waals surface area contributed by atoms with Crippen molar-refractivity contribution in [3.05, 3.63) is 12.7 Å². The van der Waals surface area contributed by atoms with E-state index in [1.54, 1.807) is 0 Å². The summed E-state index contributed by atoms with van der Waals surface area (Å²) >= 11 is 0. The van der Waals surface area contributed by atoms with Crippen LogP contribution in [0.25, 0.3) is 0 Å². The van der Waals surface area contributed by atoms with E-state index in [1.807, 2.05) is 0 Å². The number of sulfonamides is 1. The summed E-state index contributed by atoms with van der Waals surface area (Å²) in [5.41, 5.74) is 0. The van der Waals surface area contributed by atoms with Gasteiger partial charge in [-0.15, -0.1) is 6.58 Å². The Morgan fingerprint density at radius 2 is 1.93 bits per heavy atom. The molecule has 0 aromatic heterocycles. The molecule has 0 amide bonds. The summed E-state index contributed by atoms with van der Waals surface area (Å²) in [6, 6.07) is 0. The predicted molar refractivity (Wildman–Crippen MR) is 58.8 cm³/mol. The molecule has 1 aliphatic rings. The maximum atomic E-state index is 11.6. The van der Waals surface area contributed by atoms with Crippen molar-refractivity contribution >= 4 is 19.9 Å². The van der Waals surface area contributed by atoms with Gasteiger partial charge in [-0.05, 0) is 6.42 Å². The summed E-state index contributed by atoms with van der Waals surface area (Å²) < 4.78 is 47.0. The van der Waals surface area contributed by atoms with Gasteiger partial charge >= 0.3 is 0 Å². The summed E-state index contributed by atoms with van der Waals surface area (Å²) in [6.45, 7) is 3.72. The van der Waals surface area contributed by atoms with Crippen LogP contribution in [0.15, 0.2) is 12.7 Å². The van der Waals surface area contributed by atoms with Crippen LogP contribution in [0.5, 0.6) is 0 Å². The molecule has 1 aliphatic heterocycles. The summed E-state index contributed by atoms with van der Waals surface area (Å²) in [5.74, 6) is -0.135. The van der Waals surface area contributed by atoms with E-state index in [2.05, 4.69) is 6.58 Å². The Labute approximate surface area is 90.7 Å². The molecule has 88 valence electrons. The second kappa shape index (κ2) is 4.63. The molecule has 0 aromatic carbocycles. The van der Waals surface area contributed by atoms with E-state index in [0.29, 0.717) is 6.42 Å². The van der Waals surface area contributed by atoms with Gasteiger partial charge in [-0.3, -0.25) is 0 Å². The van der Waals surface area contributed by atoms with Gasteiger partial charge in [0, 0.05) is 13.1 Å². The maximum absolute atomic E-state index is 11.6. The highest BCUT2D eigenvalue weighted by Crippen LogP contribution is 2.10. The van der Waals surface area contributed by atoms with Crippen molar-refractivity contribution in [3.8, 4) is 0 Å². The maximum Gasteiger partial charge on any atom is 0.217 e. The van der Waals surface area contributed by atoms with Gasteiger partial charge in [0.15, 0.2) is 9.84 Å². The Morgan fingerprint density at radius 3 is 2.53 bits per heavy atom. The minimum Gasteiger partial charge on any atom is -0.229 e. The van der Waals surface area contributed by atoms with E-state index in [9.17, 15) is 16.8 Å². The second-order valence-corrected chi connectivity index (χ2v) is 7.79. The Hall–Kier alpha value is -0.400. The molecule has 0 aromatic rings. The Kier molecular flexibility index (Phi) is 3.91. The lowest BCUT2D eigenvalue weighted by Gasteiger charge is -2.17. The first-order chi connectivity index (χ1) is 6.87. The fourth-order valence-corrected chi connectivity index (χ4v) is 4.12. The molecule has 0 saturated carbocycles. The first-order valence-corrected chi connectivity index (χ1v) is 8.09. The fraction of sp³-hybridized carbons (Fsp3) is 0.750. The number of hydrogen-bond donors (Lipinski definition) is 0. The Bertz CT molecular complexity index is 424. The van der Waals surface area contributed by atoms with Crippen LogP contribution in [-0.4, -0.2) is 51.5 Å². The Morgan fingerprint density at radius 1 is 1.27 bits per heavy atom. The third kappa shape index (κ3) is 3.58. The molecule has 15 heavy (non-hydrogen) atoms. The lowest BCUT2D eigenvalue weighted by Crippen LogP contribution is -2.34. The van der Waals surface area contributed by atoms with Crippen molar-refractivity contribution in [2.24, 2.45) is 0 Å². The van der Waals surface area contributed by atoms with Crippen LogP contribution in [-0.2, 0) is 19.9 Å². The van der Waals surface area contributed by atoms with Crippen LogP contribution in [0.2, 0.25) is 0 Å². The van der Waals surface area contributed by atoms with Crippen molar-refractivity contribution in [1.82, 2.24) is 4.31 Å². The topological polar surface area (TPSA) is 71.5 Å². The van der Waals surface area contributed by atoms with Gasteiger partial charge in [0.25, 0.3) is 0 Å². The number of rotatable bonds is 3. The SMILES string of the molecule is C=CCS(=O)(=O)N1CCCS(=O)(=O)CC1. The lowest BCUT2D eigenvalue weighted by atomic mass is 10.5. The second-order valence-electron chi connectivity index (χ2n) is 3.47. The molecule has 1 fully saturated rings. The summed E-state index contributed by atoms with van der Waals surface area (Å²) in [6.07, 6.45) is 1.69. The van der Waals surface area contributed by atoms with E-state index >= 15 is 0 Å². The molecule has 0 radical (unpaired) electrons. The molecule has 0 unspecified atom stereocenters. The molecular formula is C8H15NO4S2. The van der Waals surface area contributed by atoms with E-state index in [4.69, 9.17) is 0 Å². The Balaban J connectivity index is 2.78. The van der Waals surface area contributed by atoms with Gasteiger partial charge in [-0.25, -0.2) is 21.1 Å². The highest BCUT2D eigenvalue weighted by atomic mass is 32.2. The number of hydrogen-bond acceptors (Lipinski definition) is 4. The molecule has 1 rings (SSSR count). The van der Waals surface area contributed by atoms with E-state index in [-0.39, 0.29) is 30.3 Å². The van der Waals surface area contributed by atoms with Crippen LogP contribution in [0.3, 0.4) is 0 Å². The molecule has 0 N–H and O–H groups in total. The van der Waals surface area contributed by atoms with Crippen molar-refractivity contribution in [3.63, 3.8) is 0 Å². The standard InChI is InChI=1S/C8H15NO4S2/c1-2-6-15(12,13)9-4-3-7-14(10,11)8-5-9/h2H,1,3-8H2. The van der Waals surface area contributed by atoms with Crippen molar-refractivity contribution in [1.29, 1.82) is 0 Å². The quantitative estimate of drug-likeness (QED) is 0.643. The van der Waals surface area contributed by atoms with Gasteiger partial charge < -0.3 is 0 Å². The van der Waals surface area contributed by atoms with Crippen LogP contribution in [0, 0.1) is 0 Å². The zero-order chi connectivity index (χ0) is 11.5. The minimum atomic E-state index is -3.36. The van der Waals surface area contributed by atoms with Gasteiger partial charge in [0.2, 0.25) is 10.0 Å². The third-order valence-corrected chi connectivity index (χ3v) is 5.76. The minimum absolute atomic E-state index is 0.0680. The summed E-state index contributed by atoms with van der Waals surface area (Å²) in [5, 5.41) is 0. The smallest absolute Gasteiger partial charge is 0.217 e. The largest absolute Gasteiger partial charge is 0.229 e. The zero-order valence-corrected chi connectivity index (χ0v) is 10.1. The van der Waals surface area contributed by atoms with Crippen LogP contribution in [0.1, 0.15) is 6.42 Å². The number of nitrogens with zero attached hydrogens (tertiary/aromatic N) is 1. The average Bonchev–Trinajstić information content (AvgIpc) is 2.26. The van der Waals surface area contributed by atoms with Gasteiger partial charge in [-0.2, -0.15) is 0 Å². The lowest BCUT2D eigenvalue weighted by molar-refractivity contribution is 0.437. The van der Waals surface area contributed by atoms with Crippen LogP contribution < -0.4 is 0 Å². The van der Waals surface area contributed by atoms with E-state index in [0.717, 1.165) is 0 Å². The van der Waals surface area contributed by atoms with Crippen LogP contribution in [0.4, 0.5) is 0 Å². The normalized spacial score (nSPS) is 23.2. The molecule has 1 saturated heterocycles. The van der Waals surface area contributed by atoms with Gasteiger partial charge in [0.05, 0.1) is 17.3 Å². The van der Waals surface area contributed by atoms with Crippen LogP contribution >= 0.6 is 0 Å².